The Morgan fingerprint density at radius 1 is 1.06 bits per heavy atom. The molecule has 2 aliphatic heterocycles. The van der Waals surface area contributed by atoms with E-state index in [0.717, 1.165) is 31.2 Å². The second-order valence-corrected chi connectivity index (χ2v) is 13.0. The van der Waals surface area contributed by atoms with Crippen molar-refractivity contribution in [2.75, 3.05) is 55.9 Å². The Bertz CT molecular complexity index is 1960. The molecule has 2 N–H and O–H groups in total. The number of halogens is 2. The van der Waals surface area contributed by atoms with Gasteiger partial charge in [-0.1, -0.05) is 0 Å². The smallest absolute Gasteiger partial charge is 0.276 e. The van der Waals surface area contributed by atoms with Crippen molar-refractivity contribution in [3.63, 3.8) is 0 Å². The lowest BCUT2D eigenvalue weighted by molar-refractivity contribution is -0.186. The first-order valence-electron chi connectivity index (χ1n) is 15.3. The molecule has 1 aromatic carbocycles. The Morgan fingerprint density at radius 2 is 1.88 bits per heavy atom. The van der Waals surface area contributed by atoms with Crippen molar-refractivity contribution in [1.29, 1.82) is 0 Å². The van der Waals surface area contributed by atoms with E-state index in [-0.39, 0.29) is 51.1 Å². The van der Waals surface area contributed by atoms with Gasteiger partial charge in [0.2, 0.25) is 21.9 Å². The van der Waals surface area contributed by atoms with Gasteiger partial charge in [-0.05, 0) is 31.0 Å². The van der Waals surface area contributed by atoms with Crippen molar-refractivity contribution in [3.05, 3.63) is 59.6 Å². The molecule has 4 aromatic rings. The number of nitrogens with zero attached hydrogens (tertiary/aromatic N) is 5. The number of pyridine rings is 2. The van der Waals surface area contributed by atoms with Gasteiger partial charge in [0.1, 0.15) is 40.9 Å². The number of carbonyl (C=O) groups is 1. The van der Waals surface area contributed by atoms with Gasteiger partial charge < -0.3 is 23.8 Å². The number of hydroxylamine groups is 1. The Hall–Kier alpha value is -4.78. The van der Waals surface area contributed by atoms with Gasteiger partial charge >= 0.3 is 0 Å². The SMILES string of the molecule is COc1ncc(-c2nc(N3CCOCC3)nc3c(OCc4ncc(C(=O)NOC5CCCCO5)cc4F)cc(F)cc23)cc1NS(C)(=O)=O. The number of sulfonamides is 1. The van der Waals surface area contributed by atoms with Crippen LogP contribution in [0.5, 0.6) is 11.6 Å². The first-order chi connectivity index (χ1) is 23.6. The van der Waals surface area contributed by atoms with Crippen LogP contribution in [0.3, 0.4) is 0 Å². The quantitative estimate of drug-likeness (QED) is 0.218. The lowest BCUT2D eigenvalue weighted by Gasteiger charge is -2.27. The average molecular weight is 702 g/mol. The molecule has 2 saturated heterocycles. The van der Waals surface area contributed by atoms with Gasteiger partial charge in [-0.15, -0.1) is 0 Å². The molecular formula is C31H33F2N7O8S. The molecule has 18 heteroatoms. The third kappa shape index (κ3) is 8.27. The fraction of sp³-hybridized carbons (Fsp3) is 0.387. The number of rotatable bonds is 11. The van der Waals surface area contributed by atoms with Crippen LogP contribution in [0.4, 0.5) is 20.4 Å². The zero-order valence-corrected chi connectivity index (χ0v) is 27.4. The number of amides is 1. The fourth-order valence-electron chi connectivity index (χ4n) is 5.23. The van der Waals surface area contributed by atoms with Gasteiger partial charge in [-0.3, -0.25) is 14.5 Å². The summed E-state index contributed by atoms with van der Waals surface area (Å²) in [6, 6.07) is 4.77. The molecule has 260 valence electrons. The van der Waals surface area contributed by atoms with Gasteiger partial charge in [0.25, 0.3) is 5.91 Å². The molecule has 1 atom stereocenters. The van der Waals surface area contributed by atoms with Gasteiger partial charge in [-0.25, -0.2) is 42.5 Å². The normalized spacial score (nSPS) is 16.7. The van der Waals surface area contributed by atoms with E-state index in [9.17, 15) is 13.2 Å². The summed E-state index contributed by atoms with van der Waals surface area (Å²) in [5, 5.41) is 0.215. The molecule has 15 nitrogen and oxygen atoms in total. The molecule has 1 unspecified atom stereocenters. The monoisotopic (exact) mass is 701 g/mol. The van der Waals surface area contributed by atoms with Crippen molar-refractivity contribution in [3.8, 4) is 22.9 Å². The molecule has 0 aliphatic carbocycles. The van der Waals surface area contributed by atoms with E-state index in [1.807, 2.05) is 4.90 Å². The molecule has 2 fully saturated rings. The van der Waals surface area contributed by atoms with E-state index in [2.05, 4.69) is 20.2 Å². The summed E-state index contributed by atoms with van der Waals surface area (Å²) in [5.41, 5.74) is 2.81. The van der Waals surface area contributed by atoms with Crippen molar-refractivity contribution in [2.45, 2.75) is 32.2 Å². The van der Waals surface area contributed by atoms with Crippen LogP contribution in [0.25, 0.3) is 22.2 Å². The van der Waals surface area contributed by atoms with Crippen LogP contribution in [0.15, 0.2) is 36.7 Å². The number of benzene rings is 1. The number of carbonyl (C=O) groups excluding carboxylic acids is 1. The van der Waals surface area contributed by atoms with Crippen LogP contribution in [-0.4, -0.2) is 86.8 Å². The van der Waals surface area contributed by atoms with Crippen LogP contribution >= 0.6 is 0 Å². The van der Waals surface area contributed by atoms with Gasteiger partial charge in [0, 0.05) is 55.5 Å². The highest BCUT2D eigenvalue weighted by molar-refractivity contribution is 7.92. The summed E-state index contributed by atoms with van der Waals surface area (Å²) in [7, 11) is -2.38. The summed E-state index contributed by atoms with van der Waals surface area (Å²) < 4.78 is 78.8. The minimum Gasteiger partial charge on any atom is -0.485 e. The average Bonchev–Trinajstić information content (AvgIpc) is 3.09. The molecule has 5 heterocycles. The third-order valence-corrected chi connectivity index (χ3v) is 8.18. The summed E-state index contributed by atoms with van der Waals surface area (Å²) >= 11 is 0. The van der Waals surface area contributed by atoms with E-state index < -0.39 is 40.5 Å². The maximum Gasteiger partial charge on any atom is 0.276 e. The van der Waals surface area contributed by atoms with Crippen LogP contribution in [0.1, 0.15) is 35.3 Å². The zero-order chi connectivity index (χ0) is 34.5. The topological polar surface area (TPSA) is 176 Å². The molecule has 1 amide bonds. The zero-order valence-electron chi connectivity index (χ0n) is 26.6. The number of hydrogen-bond donors (Lipinski definition) is 2. The highest BCUT2D eigenvalue weighted by Gasteiger charge is 2.23. The number of methoxy groups -OCH3 is 1. The molecule has 3 aromatic heterocycles. The number of morpholine rings is 1. The molecular weight excluding hydrogens is 668 g/mol. The lowest BCUT2D eigenvalue weighted by atomic mass is 10.1. The summed E-state index contributed by atoms with van der Waals surface area (Å²) in [4.78, 5) is 37.3. The van der Waals surface area contributed by atoms with E-state index in [1.165, 1.54) is 31.6 Å². The largest absolute Gasteiger partial charge is 0.485 e. The molecule has 6 rings (SSSR count). The number of fused-ring (bicyclic) bond motifs is 1. The van der Waals surface area contributed by atoms with Crippen molar-refractivity contribution >= 4 is 38.5 Å². The molecule has 0 spiro atoms. The van der Waals surface area contributed by atoms with E-state index in [1.54, 1.807) is 0 Å². The van der Waals surface area contributed by atoms with Gasteiger partial charge in [0.05, 0.1) is 37.8 Å². The molecule has 49 heavy (non-hydrogen) atoms. The fourth-order valence-corrected chi connectivity index (χ4v) is 5.78. The summed E-state index contributed by atoms with van der Waals surface area (Å²) in [6.45, 7) is 1.88. The predicted molar refractivity (Wildman–Crippen MR) is 171 cm³/mol. The first-order valence-corrected chi connectivity index (χ1v) is 17.2. The van der Waals surface area contributed by atoms with Gasteiger partial charge in [-0.2, -0.15) is 0 Å². The molecule has 0 radical (unpaired) electrons. The highest BCUT2D eigenvalue weighted by Crippen LogP contribution is 2.37. The van der Waals surface area contributed by atoms with Crippen LogP contribution < -0.4 is 24.6 Å². The van der Waals surface area contributed by atoms with Crippen LogP contribution in [0, 0.1) is 11.6 Å². The minimum absolute atomic E-state index is 0.0138. The Morgan fingerprint density at radius 3 is 2.59 bits per heavy atom. The predicted octanol–water partition coefficient (Wildman–Crippen LogP) is 3.35. The van der Waals surface area contributed by atoms with E-state index in [0.29, 0.717) is 44.9 Å². The summed E-state index contributed by atoms with van der Waals surface area (Å²) in [5.74, 6) is -1.98. The maximum absolute atomic E-state index is 15.2. The molecule has 2 aliphatic rings. The van der Waals surface area contributed by atoms with Crippen LogP contribution in [0.2, 0.25) is 0 Å². The second kappa shape index (κ2) is 14.8. The van der Waals surface area contributed by atoms with Crippen LogP contribution in [-0.2, 0) is 30.9 Å². The third-order valence-electron chi connectivity index (χ3n) is 7.59. The number of hydrogen-bond acceptors (Lipinski definition) is 13. The first kappa shape index (κ1) is 34.1. The number of aromatic nitrogens is 4. The Labute approximate surface area is 279 Å². The van der Waals surface area contributed by atoms with Gasteiger partial charge in [0.15, 0.2) is 6.29 Å². The number of nitrogens with one attached hydrogen (secondary N) is 2. The lowest BCUT2D eigenvalue weighted by Crippen LogP contribution is -2.37. The number of anilines is 2. The van der Waals surface area contributed by atoms with Crippen molar-refractivity contribution < 1.29 is 45.8 Å². The second-order valence-electron chi connectivity index (χ2n) is 11.2. The molecule has 0 bridgehead atoms. The summed E-state index contributed by atoms with van der Waals surface area (Å²) in [6.07, 6.45) is 5.41. The Kier molecular flexibility index (Phi) is 10.3. The highest BCUT2D eigenvalue weighted by atomic mass is 32.2. The minimum atomic E-state index is -3.72. The van der Waals surface area contributed by atoms with Crippen molar-refractivity contribution in [2.24, 2.45) is 0 Å². The van der Waals surface area contributed by atoms with E-state index in [4.69, 9.17) is 33.8 Å². The van der Waals surface area contributed by atoms with E-state index >= 15 is 8.78 Å². The Balaban J connectivity index is 1.32. The molecule has 0 saturated carbocycles. The maximum atomic E-state index is 15.2. The standard InChI is InChI=1S/C31H33F2N7O8S/c1-44-30-23(39-49(2,42)43)12-18(15-35-30)27-21-13-20(32)14-25(28(21)37-31(36-27)40-6-9-45-10-7-40)47-17-24-22(33)11-19(16-34-24)29(41)38-48-26-5-3-4-8-46-26/h11-16,26,39H,3-10,17H2,1-2H3,(H,38,41). The number of ether oxygens (including phenoxy) is 4. The van der Waals surface area contributed by atoms with Crippen molar-refractivity contribution in [1.82, 2.24) is 25.4 Å².